The maximum Gasteiger partial charge on any atom is 0.0812 e. The first-order chi connectivity index (χ1) is 7.05. The van der Waals surface area contributed by atoms with Gasteiger partial charge in [-0.05, 0) is 32.9 Å². The average Bonchev–Trinajstić information content (AvgIpc) is 2.55. The second-order valence-electron chi connectivity index (χ2n) is 6.02. The van der Waals surface area contributed by atoms with Gasteiger partial charge >= 0.3 is 0 Å². The molecule has 0 aromatic carbocycles. The maximum atomic E-state index is 6.14. The third kappa shape index (κ3) is 3.16. The zero-order valence-electron chi connectivity index (χ0n) is 10.3. The highest BCUT2D eigenvalue weighted by Gasteiger charge is 2.29. The minimum absolute atomic E-state index is 0.105. The summed E-state index contributed by atoms with van der Waals surface area (Å²) in [6, 6.07) is 0. The molecule has 0 amide bonds. The van der Waals surface area contributed by atoms with Crippen molar-refractivity contribution < 1.29 is 4.90 Å². The van der Waals surface area contributed by atoms with E-state index in [2.05, 4.69) is 18.9 Å². The highest BCUT2D eigenvalue weighted by Crippen LogP contribution is 2.20. The van der Waals surface area contributed by atoms with Crippen molar-refractivity contribution in [1.29, 1.82) is 0 Å². The lowest BCUT2D eigenvalue weighted by Gasteiger charge is -2.37. The van der Waals surface area contributed by atoms with Crippen LogP contribution in [0.25, 0.3) is 0 Å². The van der Waals surface area contributed by atoms with Gasteiger partial charge in [0.15, 0.2) is 0 Å². The summed E-state index contributed by atoms with van der Waals surface area (Å²) in [4.78, 5) is 4.33. The highest BCUT2D eigenvalue weighted by molar-refractivity contribution is 4.86. The molecular formula is C12H26N3+. The van der Waals surface area contributed by atoms with Crippen LogP contribution in [0, 0.1) is 5.92 Å². The molecule has 3 nitrogen and oxygen atoms in total. The van der Waals surface area contributed by atoms with Crippen molar-refractivity contribution in [3.05, 3.63) is 0 Å². The van der Waals surface area contributed by atoms with Crippen molar-refractivity contribution in [3.63, 3.8) is 0 Å². The van der Waals surface area contributed by atoms with E-state index < -0.39 is 0 Å². The van der Waals surface area contributed by atoms with Gasteiger partial charge in [0.25, 0.3) is 0 Å². The van der Waals surface area contributed by atoms with Crippen LogP contribution in [0.1, 0.15) is 26.2 Å². The minimum Gasteiger partial charge on any atom is -0.337 e. The number of nitrogens with one attached hydrogen (secondary N) is 1. The Hall–Kier alpha value is -0.120. The van der Waals surface area contributed by atoms with Gasteiger partial charge in [-0.1, -0.05) is 0 Å². The molecule has 88 valence electrons. The van der Waals surface area contributed by atoms with E-state index in [1.165, 1.54) is 52.0 Å². The second kappa shape index (κ2) is 4.40. The standard InChI is InChI=1S/C12H25N3/c1-12(13)4-7-15(8-5-12)10-11-3-6-14(2)9-11/h11H,3-10,13H2,1-2H3/p+1/t11-/m1/s1. The largest absolute Gasteiger partial charge is 0.337 e. The number of nitrogens with zero attached hydrogens (tertiary/aromatic N) is 1. The number of likely N-dealkylation sites (tertiary alicyclic amines) is 2. The highest BCUT2D eigenvalue weighted by atomic mass is 15.2. The van der Waals surface area contributed by atoms with E-state index >= 15 is 0 Å². The molecule has 2 saturated heterocycles. The van der Waals surface area contributed by atoms with Gasteiger partial charge in [-0.2, -0.15) is 0 Å². The zero-order chi connectivity index (χ0) is 10.9. The molecule has 0 radical (unpaired) electrons. The van der Waals surface area contributed by atoms with E-state index in [1.807, 2.05) is 0 Å². The monoisotopic (exact) mass is 212 g/mol. The molecule has 15 heavy (non-hydrogen) atoms. The molecule has 0 aromatic heterocycles. The summed E-state index contributed by atoms with van der Waals surface area (Å²) in [6.45, 7) is 8.67. The van der Waals surface area contributed by atoms with Gasteiger partial charge < -0.3 is 15.5 Å². The molecule has 0 aromatic rings. The second-order valence-corrected chi connectivity index (χ2v) is 6.02. The van der Waals surface area contributed by atoms with Crippen LogP contribution >= 0.6 is 0 Å². The lowest BCUT2D eigenvalue weighted by atomic mass is 9.90. The van der Waals surface area contributed by atoms with Crippen molar-refractivity contribution in [2.75, 3.05) is 39.8 Å². The number of rotatable bonds is 2. The van der Waals surface area contributed by atoms with E-state index in [1.54, 1.807) is 4.90 Å². The van der Waals surface area contributed by atoms with Crippen LogP contribution in [-0.2, 0) is 0 Å². The Balaban J connectivity index is 1.73. The summed E-state index contributed by atoms with van der Waals surface area (Å²) in [5, 5.41) is 0. The molecular weight excluding hydrogens is 186 g/mol. The van der Waals surface area contributed by atoms with Gasteiger partial charge in [-0.15, -0.1) is 0 Å². The van der Waals surface area contributed by atoms with Crippen molar-refractivity contribution in [2.45, 2.75) is 31.7 Å². The molecule has 2 rings (SSSR count). The summed E-state index contributed by atoms with van der Waals surface area (Å²) < 4.78 is 0. The van der Waals surface area contributed by atoms with Gasteiger partial charge in [-0.3, -0.25) is 0 Å². The summed E-state index contributed by atoms with van der Waals surface area (Å²) in [7, 11) is 2.31. The van der Waals surface area contributed by atoms with E-state index in [4.69, 9.17) is 5.73 Å². The Morgan fingerprint density at radius 3 is 2.60 bits per heavy atom. The molecule has 2 aliphatic rings. The van der Waals surface area contributed by atoms with Gasteiger partial charge in [0.05, 0.1) is 20.1 Å². The first-order valence-electron chi connectivity index (χ1n) is 6.38. The third-order valence-electron chi connectivity index (χ3n) is 4.13. The number of hydrogen-bond acceptors (Lipinski definition) is 2. The Morgan fingerprint density at radius 1 is 1.40 bits per heavy atom. The van der Waals surface area contributed by atoms with Crippen molar-refractivity contribution >= 4 is 0 Å². The first-order valence-corrected chi connectivity index (χ1v) is 6.38. The van der Waals surface area contributed by atoms with E-state index in [-0.39, 0.29) is 5.54 Å². The van der Waals surface area contributed by atoms with E-state index in [0.717, 1.165) is 5.92 Å². The van der Waals surface area contributed by atoms with Crippen LogP contribution in [-0.4, -0.2) is 50.2 Å². The molecule has 3 N–H and O–H groups in total. The van der Waals surface area contributed by atoms with Gasteiger partial charge in [-0.25, -0.2) is 0 Å². The quantitative estimate of drug-likeness (QED) is 0.637. The van der Waals surface area contributed by atoms with Crippen LogP contribution < -0.4 is 10.6 Å². The van der Waals surface area contributed by atoms with Crippen molar-refractivity contribution in [2.24, 2.45) is 11.7 Å². The van der Waals surface area contributed by atoms with E-state index in [0.29, 0.717) is 0 Å². The van der Waals surface area contributed by atoms with Gasteiger partial charge in [0, 0.05) is 24.4 Å². The Labute approximate surface area is 93.6 Å². The van der Waals surface area contributed by atoms with Crippen molar-refractivity contribution in [1.82, 2.24) is 4.90 Å². The van der Waals surface area contributed by atoms with Crippen LogP contribution in [0.3, 0.4) is 0 Å². The molecule has 0 bridgehead atoms. The SMILES string of the molecule is C[NH+]1CC[C@@H](CN2CCC(C)(N)CC2)C1. The molecule has 2 atom stereocenters. The Morgan fingerprint density at radius 2 is 2.07 bits per heavy atom. The topological polar surface area (TPSA) is 33.7 Å². The minimum atomic E-state index is 0.105. The fourth-order valence-corrected chi connectivity index (χ4v) is 2.91. The number of nitrogens with two attached hydrogens (primary N) is 1. The molecule has 2 fully saturated rings. The smallest absolute Gasteiger partial charge is 0.0812 e. The zero-order valence-corrected chi connectivity index (χ0v) is 10.3. The molecule has 3 heteroatoms. The van der Waals surface area contributed by atoms with Crippen LogP contribution in [0.2, 0.25) is 0 Å². The van der Waals surface area contributed by atoms with Gasteiger partial charge in [0.1, 0.15) is 0 Å². The van der Waals surface area contributed by atoms with Gasteiger partial charge in [0.2, 0.25) is 0 Å². The Kier molecular flexibility index (Phi) is 3.33. The lowest BCUT2D eigenvalue weighted by Crippen LogP contribution is -3.07. The summed E-state index contributed by atoms with van der Waals surface area (Å²) >= 11 is 0. The summed E-state index contributed by atoms with van der Waals surface area (Å²) in [6.07, 6.45) is 3.76. The normalized spacial score (nSPS) is 37.0. The molecule has 1 unspecified atom stereocenters. The predicted molar refractivity (Wildman–Crippen MR) is 63.0 cm³/mol. The fourth-order valence-electron chi connectivity index (χ4n) is 2.91. The average molecular weight is 212 g/mol. The number of quaternary nitrogens is 1. The molecule has 0 saturated carbocycles. The maximum absolute atomic E-state index is 6.14. The molecule has 0 aliphatic carbocycles. The first kappa shape index (κ1) is 11.4. The van der Waals surface area contributed by atoms with Crippen LogP contribution in [0.5, 0.6) is 0 Å². The summed E-state index contributed by atoms with van der Waals surface area (Å²) in [5.41, 5.74) is 6.24. The third-order valence-corrected chi connectivity index (χ3v) is 4.13. The van der Waals surface area contributed by atoms with Crippen molar-refractivity contribution in [3.8, 4) is 0 Å². The fraction of sp³-hybridized carbons (Fsp3) is 1.00. The summed E-state index contributed by atoms with van der Waals surface area (Å²) in [5.74, 6) is 0.937. The predicted octanol–water partition coefficient (Wildman–Crippen LogP) is -0.666. The molecule has 0 spiro atoms. The lowest BCUT2D eigenvalue weighted by molar-refractivity contribution is -0.867. The van der Waals surface area contributed by atoms with E-state index in [9.17, 15) is 0 Å². The van der Waals surface area contributed by atoms with Crippen LogP contribution in [0.4, 0.5) is 0 Å². The van der Waals surface area contributed by atoms with Crippen LogP contribution in [0.15, 0.2) is 0 Å². The number of piperidine rings is 1. The Bertz CT molecular complexity index is 205. The number of hydrogen-bond donors (Lipinski definition) is 2. The molecule has 2 heterocycles. The molecule has 2 aliphatic heterocycles.